The molecule has 166 valence electrons. The highest BCUT2D eigenvalue weighted by Crippen LogP contribution is 2.25. The molecule has 0 spiro atoms. The maximum absolute atomic E-state index is 10.6. The van der Waals surface area contributed by atoms with Crippen molar-refractivity contribution in [3.8, 4) is 10.6 Å². The van der Waals surface area contributed by atoms with Crippen molar-refractivity contribution in [1.82, 2.24) is 25.3 Å². The molecule has 0 radical (unpaired) electrons. The van der Waals surface area contributed by atoms with Crippen LogP contribution in [-0.4, -0.2) is 50.3 Å². The van der Waals surface area contributed by atoms with Gasteiger partial charge in [-0.2, -0.15) is 13.2 Å². The number of aromatic nitrogens is 4. The summed E-state index contributed by atoms with van der Waals surface area (Å²) in [5.74, 6) is -2.76. The van der Waals surface area contributed by atoms with Crippen LogP contribution in [0.1, 0.15) is 24.6 Å². The second-order valence-corrected chi connectivity index (χ2v) is 7.64. The minimum atomic E-state index is -5.08. The van der Waals surface area contributed by atoms with E-state index in [0.717, 1.165) is 41.5 Å². The molecule has 1 saturated heterocycles. The first-order valence-corrected chi connectivity index (χ1v) is 10.4. The molecule has 1 aliphatic rings. The van der Waals surface area contributed by atoms with Gasteiger partial charge in [0.05, 0.1) is 24.5 Å². The van der Waals surface area contributed by atoms with Crippen LogP contribution in [0.4, 0.5) is 18.9 Å². The van der Waals surface area contributed by atoms with Gasteiger partial charge in [0.2, 0.25) is 0 Å². The number of anilines is 1. The third-order valence-corrected chi connectivity index (χ3v) is 5.35. The van der Waals surface area contributed by atoms with Crippen molar-refractivity contribution in [3.63, 3.8) is 0 Å². The lowest BCUT2D eigenvalue weighted by Crippen LogP contribution is -2.33. The Labute approximate surface area is 180 Å². The number of rotatable bonds is 5. The van der Waals surface area contributed by atoms with Crippen LogP contribution in [0.25, 0.3) is 10.6 Å². The second kappa shape index (κ2) is 10.4. The summed E-state index contributed by atoms with van der Waals surface area (Å²) in [5.41, 5.74) is 3.33. The molecule has 1 aromatic carbocycles. The van der Waals surface area contributed by atoms with E-state index in [1.807, 2.05) is 17.8 Å². The third kappa shape index (κ3) is 6.49. The Bertz CT molecular complexity index is 971. The Morgan fingerprint density at radius 2 is 2.19 bits per heavy atom. The highest BCUT2D eigenvalue weighted by Gasteiger charge is 2.38. The average molecular weight is 454 g/mol. The quantitative estimate of drug-likeness (QED) is 0.541. The van der Waals surface area contributed by atoms with Gasteiger partial charge in [-0.05, 0) is 31.5 Å². The molecule has 0 bridgehead atoms. The van der Waals surface area contributed by atoms with Crippen LogP contribution in [-0.2, 0) is 11.3 Å². The summed E-state index contributed by atoms with van der Waals surface area (Å²) in [6.45, 7) is 2.78. The van der Waals surface area contributed by atoms with E-state index in [-0.39, 0.29) is 0 Å². The molecule has 1 aliphatic heterocycles. The van der Waals surface area contributed by atoms with Gasteiger partial charge in [0.25, 0.3) is 0 Å². The predicted octanol–water partition coefficient (Wildman–Crippen LogP) is 3.57. The van der Waals surface area contributed by atoms with Gasteiger partial charge in [0, 0.05) is 29.4 Å². The Morgan fingerprint density at radius 3 is 2.84 bits per heavy atom. The molecule has 2 aromatic heterocycles. The number of halogens is 3. The maximum atomic E-state index is 10.6. The van der Waals surface area contributed by atoms with Crippen molar-refractivity contribution >= 4 is 23.0 Å². The third-order valence-electron chi connectivity index (χ3n) is 4.52. The van der Waals surface area contributed by atoms with E-state index in [2.05, 4.69) is 54.9 Å². The van der Waals surface area contributed by atoms with Crippen molar-refractivity contribution in [1.29, 1.82) is 0 Å². The molecule has 3 N–H and O–H groups in total. The van der Waals surface area contributed by atoms with Crippen LogP contribution < -0.4 is 10.6 Å². The van der Waals surface area contributed by atoms with Gasteiger partial charge in [-0.15, -0.1) is 16.4 Å². The minimum absolute atomic E-state index is 0.403. The number of alkyl halides is 3. The minimum Gasteiger partial charge on any atom is -0.475 e. The fraction of sp³-hybridized carbons (Fsp3) is 0.368. The monoisotopic (exact) mass is 454 g/mol. The number of carbonyl (C=O) groups is 1. The highest BCUT2D eigenvalue weighted by atomic mass is 32.1. The molecule has 31 heavy (non-hydrogen) atoms. The smallest absolute Gasteiger partial charge is 0.475 e. The van der Waals surface area contributed by atoms with Crippen molar-refractivity contribution in [3.05, 3.63) is 47.7 Å². The highest BCUT2D eigenvalue weighted by molar-refractivity contribution is 7.13. The van der Waals surface area contributed by atoms with Gasteiger partial charge in [-0.1, -0.05) is 17.3 Å². The number of nitrogens with zero attached hydrogens (tertiary/aromatic N) is 4. The molecular weight excluding hydrogens is 433 g/mol. The number of piperidine rings is 1. The molecule has 0 amide bonds. The largest absolute Gasteiger partial charge is 0.490 e. The number of hydrogen-bond donors (Lipinski definition) is 3. The molecule has 0 aliphatic carbocycles. The van der Waals surface area contributed by atoms with Gasteiger partial charge in [-0.3, -0.25) is 0 Å². The summed E-state index contributed by atoms with van der Waals surface area (Å²) >= 11 is 1.65. The van der Waals surface area contributed by atoms with E-state index in [1.165, 1.54) is 6.42 Å². The summed E-state index contributed by atoms with van der Waals surface area (Å²) in [6.07, 6.45) is 0.949. The first kappa shape index (κ1) is 22.7. The number of benzene rings is 1. The first-order valence-electron chi connectivity index (χ1n) is 9.48. The van der Waals surface area contributed by atoms with Crippen molar-refractivity contribution < 1.29 is 23.1 Å². The van der Waals surface area contributed by atoms with Gasteiger partial charge >= 0.3 is 12.1 Å². The molecule has 0 saturated carbocycles. The number of carboxylic acids is 1. The fourth-order valence-electron chi connectivity index (χ4n) is 3.06. The molecule has 1 unspecified atom stereocenters. The van der Waals surface area contributed by atoms with E-state index in [9.17, 15) is 13.2 Å². The topological polar surface area (TPSA) is 105 Å². The normalized spacial score (nSPS) is 16.3. The van der Waals surface area contributed by atoms with E-state index < -0.39 is 12.1 Å². The number of carboxylic acid groups (broad SMARTS) is 1. The van der Waals surface area contributed by atoms with Crippen LogP contribution >= 0.6 is 11.3 Å². The van der Waals surface area contributed by atoms with Crippen molar-refractivity contribution in [2.24, 2.45) is 0 Å². The van der Waals surface area contributed by atoms with Gasteiger partial charge in [-0.25, -0.2) is 14.5 Å². The summed E-state index contributed by atoms with van der Waals surface area (Å²) in [6, 6.07) is 8.76. The van der Waals surface area contributed by atoms with Crippen LogP contribution in [0.3, 0.4) is 0 Å². The first-order chi connectivity index (χ1) is 14.8. The van der Waals surface area contributed by atoms with E-state index in [1.54, 1.807) is 11.3 Å². The second-order valence-electron chi connectivity index (χ2n) is 6.74. The summed E-state index contributed by atoms with van der Waals surface area (Å²) in [4.78, 5) is 13.3. The molecular formula is C19H21F3N6O2S. The Hall–Kier alpha value is -2.99. The van der Waals surface area contributed by atoms with Crippen molar-refractivity contribution in [2.45, 2.75) is 31.6 Å². The molecule has 8 nitrogen and oxygen atoms in total. The lowest BCUT2D eigenvalue weighted by molar-refractivity contribution is -0.192. The van der Waals surface area contributed by atoms with Gasteiger partial charge in [0.15, 0.2) is 0 Å². The van der Waals surface area contributed by atoms with Gasteiger partial charge < -0.3 is 15.7 Å². The van der Waals surface area contributed by atoms with E-state index in [4.69, 9.17) is 9.90 Å². The zero-order valence-electron chi connectivity index (χ0n) is 16.3. The molecule has 3 aromatic rings. The number of aliphatic carboxylic acids is 1. The van der Waals surface area contributed by atoms with Crippen molar-refractivity contribution in [2.75, 3.05) is 18.4 Å². The maximum Gasteiger partial charge on any atom is 0.490 e. The summed E-state index contributed by atoms with van der Waals surface area (Å²) in [5, 5.41) is 25.5. The Kier molecular flexibility index (Phi) is 7.58. The molecule has 12 heteroatoms. The number of hydrogen-bond acceptors (Lipinski definition) is 7. The zero-order valence-corrected chi connectivity index (χ0v) is 17.2. The average Bonchev–Trinajstić information content (AvgIpc) is 3.45. The van der Waals surface area contributed by atoms with E-state index in [0.29, 0.717) is 12.6 Å². The molecule has 4 rings (SSSR count). The molecule has 1 atom stereocenters. The van der Waals surface area contributed by atoms with Crippen LogP contribution in [0, 0.1) is 0 Å². The lowest BCUT2D eigenvalue weighted by Gasteiger charge is -2.24. The Balaban J connectivity index is 0.000000339. The predicted molar refractivity (Wildman–Crippen MR) is 110 cm³/mol. The zero-order chi connectivity index (χ0) is 22.3. The number of nitrogens with one attached hydrogen (secondary N) is 2. The Morgan fingerprint density at radius 1 is 1.39 bits per heavy atom. The molecule has 1 fully saturated rings. The van der Waals surface area contributed by atoms with Gasteiger partial charge in [0.1, 0.15) is 5.01 Å². The fourth-order valence-corrected chi connectivity index (χ4v) is 3.70. The summed E-state index contributed by atoms with van der Waals surface area (Å²) < 4.78 is 33.8. The van der Waals surface area contributed by atoms with Crippen LogP contribution in [0.15, 0.2) is 42.0 Å². The van der Waals surface area contributed by atoms with E-state index >= 15 is 0 Å². The number of thiazole rings is 1. The van der Waals surface area contributed by atoms with Crippen LogP contribution in [0.2, 0.25) is 0 Å². The summed E-state index contributed by atoms with van der Waals surface area (Å²) in [7, 11) is 0. The SMILES string of the molecule is O=C(O)C(F)(F)F.c1cc(NCc2cnnn2C2CCCNC2)cc(-c2nccs2)c1. The van der Waals surface area contributed by atoms with Crippen LogP contribution in [0.5, 0.6) is 0 Å². The standard InChI is InChI=1S/C17H20N6S.C2HF3O2/c1-3-13(17-19-7-8-24-17)9-14(4-1)20-11-16-12-21-22-23(16)15-5-2-6-18-10-15;3-2(4,5)1(6)7/h1,3-4,7-9,12,15,18,20H,2,5-6,10-11H2;(H,6,7). The molecule has 3 heterocycles. The lowest BCUT2D eigenvalue weighted by atomic mass is 10.1.